The van der Waals surface area contributed by atoms with Crippen molar-refractivity contribution in [3.8, 4) is 0 Å². The maximum Gasteiger partial charge on any atom is 3.00 e. The first-order valence-corrected chi connectivity index (χ1v) is 1.64. The molecular weight excluding hydrogens is 438 g/mol. The Labute approximate surface area is 105 Å². The molecule has 96 valence electrons. The summed E-state index contributed by atoms with van der Waals surface area (Å²) in [6, 6.07) is 0. The zero-order chi connectivity index (χ0) is 10.7. The van der Waals surface area contributed by atoms with E-state index in [4.69, 9.17) is 46.0 Å². The van der Waals surface area contributed by atoms with E-state index in [9.17, 15) is 0 Å². The molecular formula is H6N3O12Tl. The molecule has 0 spiro atoms. The fourth-order valence-corrected chi connectivity index (χ4v) is 0. The van der Waals surface area contributed by atoms with Crippen LogP contribution in [0.15, 0.2) is 0 Å². The van der Waals surface area contributed by atoms with Crippen molar-refractivity contribution >= 4 is 27.3 Å². The largest absolute Gasteiger partial charge is 3.00 e. The number of nitrogens with zero attached hydrogens (tertiary/aromatic N) is 3. The molecule has 0 aliphatic rings. The first-order valence-electron chi connectivity index (χ1n) is 1.64. The van der Waals surface area contributed by atoms with Crippen LogP contribution in [-0.2, 0) is 0 Å². The predicted octanol–water partition coefficient (Wildman–Crippen LogP) is -3.57. The van der Waals surface area contributed by atoms with E-state index >= 15 is 0 Å². The smallest absolute Gasteiger partial charge is 0.412 e. The van der Waals surface area contributed by atoms with E-state index in [-0.39, 0.29) is 43.7 Å². The minimum atomic E-state index is -1.75. The molecule has 0 aliphatic heterocycles. The van der Waals surface area contributed by atoms with Gasteiger partial charge in [0.05, 0.1) is 15.3 Å². The summed E-state index contributed by atoms with van der Waals surface area (Å²) in [5, 5.41) is 44.2. The third-order valence-electron chi connectivity index (χ3n) is 0. The zero-order valence-electron chi connectivity index (χ0n) is 7.09. The van der Waals surface area contributed by atoms with Crippen LogP contribution >= 0.6 is 0 Å². The van der Waals surface area contributed by atoms with Crippen LogP contribution in [0.25, 0.3) is 0 Å². The van der Waals surface area contributed by atoms with Gasteiger partial charge in [0.15, 0.2) is 0 Å². The van der Waals surface area contributed by atoms with Crippen LogP contribution in [0.4, 0.5) is 0 Å². The normalized spacial score (nSPS) is 4.50. The molecule has 0 saturated carbocycles. The Morgan fingerprint density at radius 3 is 0.500 bits per heavy atom. The third kappa shape index (κ3) is 631. The number of rotatable bonds is 0. The molecule has 0 aliphatic carbocycles. The predicted molar refractivity (Wildman–Crippen MR) is 47.7 cm³/mol. The summed E-state index contributed by atoms with van der Waals surface area (Å²) >= 11 is 0. The number of hydrogen-bond acceptors (Lipinski definition) is 9. The van der Waals surface area contributed by atoms with E-state index < -0.39 is 15.3 Å². The van der Waals surface area contributed by atoms with Gasteiger partial charge in [-0.2, -0.15) is 0 Å². The van der Waals surface area contributed by atoms with Crippen molar-refractivity contribution in [1.82, 2.24) is 0 Å². The molecule has 0 aromatic rings. The van der Waals surface area contributed by atoms with Gasteiger partial charge in [-0.25, -0.2) is 0 Å². The van der Waals surface area contributed by atoms with E-state index in [0.29, 0.717) is 0 Å². The topological polar surface area (TPSA) is 293 Å². The van der Waals surface area contributed by atoms with Gasteiger partial charge in [0.1, 0.15) is 0 Å². The SMILES string of the molecule is O.O.O.O=[N+]([O-])[O-].O=[N+]([O-])[O-].O=[N+]([O-])[O-].[Tl+3]. The van der Waals surface area contributed by atoms with Gasteiger partial charge in [-0.1, -0.05) is 0 Å². The zero-order valence-corrected chi connectivity index (χ0v) is 11.6. The third-order valence-corrected chi connectivity index (χ3v) is 0. The van der Waals surface area contributed by atoms with Crippen LogP contribution < -0.4 is 0 Å². The molecule has 16 heteroatoms. The summed E-state index contributed by atoms with van der Waals surface area (Å²) in [7, 11) is 0. The van der Waals surface area contributed by atoms with Crippen molar-refractivity contribution < 1.29 is 31.7 Å². The van der Waals surface area contributed by atoms with Gasteiger partial charge in [0.25, 0.3) is 0 Å². The summed E-state index contributed by atoms with van der Waals surface area (Å²) in [5.41, 5.74) is 0. The van der Waals surface area contributed by atoms with Gasteiger partial charge in [-0.15, -0.1) is 0 Å². The molecule has 6 N–H and O–H groups in total. The molecule has 0 aromatic heterocycles. The minimum absolute atomic E-state index is 0. The number of hydrogen-bond donors (Lipinski definition) is 0. The van der Waals surface area contributed by atoms with Gasteiger partial charge >= 0.3 is 27.3 Å². The van der Waals surface area contributed by atoms with Gasteiger partial charge in [-0.05, 0) is 0 Å². The molecule has 0 unspecified atom stereocenters. The Kier molecular flexibility index (Phi) is 111. The standard InChI is InChI=1S/3NO3.3H2O.Tl/c3*2-1(3)4;;;;/h;;;3*1H2;/q3*-1;;;;+3. The van der Waals surface area contributed by atoms with Gasteiger partial charge in [-0.3, -0.25) is 0 Å². The second-order valence-electron chi connectivity index (χ2n) is 0.671. The van der Waals surface area contributed by atoms with Crippen LogP contribution in [-0.4, -0.2) is 59.0 Å². The molecule has 0 fully saturated rings. The summed E-state index contributed by atoms with van der Waals surface area (Å²) in [4.78, 5) is 24.8. The molecule has 0 saturated heterocycles. The monoisotopic (exact) mass is 445 g/mol. The summed E-state index contributed by atoms with van der Waals surface area (Å²) in [6.07, 6.45) is 0. The maximum atomic E-state index is 8.25. The van der Waals surface area contributed by atoms with E-state index in [0.717, 1.165) is 0 Å². The Balaban J connectivity index is -0.0000000135. The average molecular weight is 444 g/mol. The first kappa shape index (κ1) is 47.2. The molecule has 0 radical (unpaired) electrons. The quantitative estimate of drug-likeness (QED) is 0.202. The summed E-state index contributed by atoms with van der Waals surface area (Å²) < 4.78 is 0. The van der Waals surface area contributed by atoms with Crippen LogP contribution in [0.5, 0.6) is 0 Å². The maximum absolute atomic E-state index is 8.25. The molecule has 16 heavy (non-hydrogen) atoms. The van der Waals surface area contributed by atoms with Crippen molar-refractivity contribution in [2.45, 2.75) is 0 Å². The van der Waals surface area contributed by atoms with Crippen LogP contribution in [0.1, 0.15) is 0 Å². The van der Waals surface area contributed by atoms with Crippen molar-refractivity contribution in [1.29, 1.82) is 0 Å². The van der Waals surface area contributed by atoms with E-state index in [2.05, 4.69) is 0 Å². The average Bonchev–Trinajstić information content (AvgIpc) is 1.54. The van der Waals surface area contributed by atoms with Crippen LogP contribution in [0.2, 0.25) is 0 Å². The van der Waals surface area contributed by atoms with Gasteiger partial charge < -0.3 is 62.4 Å². The molecule has 0 bridgehead atoms. The fourth-order valence-electron chi connectivity index (χ4n) is 0. The van der Waals surface area contributed by atoms with Crippen LogP contribution in [0.3, 0.4) is 0 Å². The molecule has 0 aromatic carbocycles. The summed E-state index contributed by atoms with van der Waals surface area (Å²) in [5.74, 6) is 0. The minimum Gasteiger partial charge on any atom is -0.412 e. The molecule has 15 nitrogen and oxygen atoms in total. The van der Waals surface area contributed by atoms with Crippen molar-refractivity contribution in [2.75, 3.05) is 0 Å². The Hall–Kier alpha value is -1.60. The second-order valence-corrected chi connectivity index (χ2v) is 0.671. The van der Waals surface area contributed by atoms with Crippen molar-refractivity contribution in [2.24, 2.45) is 0 Å². The van der Waals surface area contributed by atoms with Crippen molar-refractivity contribution in [3.63, 3.8) is 0 Å². The van der Waals surface area contributed by atoms with E-state index in [1.807, 2.05) is 0 Å². The molecule has 0 amide bonds. The van der Waals surface area contributed by atoms with Crippen LogP contribution in [0, 0.1) is 46.0 Å². The Morgan fingerprint density at radius 1 is 0.500 bits per heavy atom. The van der Waals surface area contributed by atoms with Gasteiger partial charge in [0.2, 0.25) is 0 Å². The van der Waals surface area contributed by atoms with E-state index in [1.54, 1.807) is 0 Å². The molecule has 0 heterocycles. The van der Waals surface area contributed by atoms with E-state index in [1.165, 1.54) is 0 Å². The fraction of sp³-hybridized carbons (Fsp3) is 0. The Bertz CT molecular complexity index is 114. The Morgan fingerprint density at radius 2 is 0.500 bits per heavy atom. The molecule has 0 atom stereocenters. The van der Waals surface area contributed by atoms with Gasteiger partial charge in [0, 0.05) is 0 Å². The summed E-state index contributed by atoms with van der Waals surface area (Å²) in [6.45, 7) is 0. The molecule has 0 rings (SSSR count). The second kappa shape index (κ2) is 37.6. The first-order chi connectivity index (χ1) is 5.20. The van der Waals surface area contributed by atoms with Crippen molar-refractivity contribution in [3.05, 3.63) is 46.0 Å².